The monoisotopic (exact) mass is 738 g/mol. The van der Waals surface area contributed by atoms with Gasteiger partial charge < -0.3 is 43.0 Å². The largest absolute Gasteiger partial charge is 0.854 e. The molecule has 0 radical (unpaired) electrons. The Morgan fingerprint density at radius 3 is 2.06 bits per heavy atom. The molecular formula is C42H73O10-. The standard InChI is InChI=1S/C42H73O10/c1-16-31-42(21-45-42)36-25(5)33(51-41(14,15)52-36)22(2)18-40(12,13)35(50-38-24(4)30(20-43)17-23(3)46-38)26(6)34(27(7)37(44)48-31)49-32-19-39(10,11)28(8)29(9)47-32/h22-36,38H,16-21H2,1-15H3/q-1/t22-,23-,24-,25+,26+,27-,28+,29+,30-,31-,32?,33+,34+,35-,36-,38?,42-/m1/s1. The fourth-order valence-corrected chi connectivity index (χ4v) is 10.4. The van der Waals surface area contributed by atoms with Crippen LogP contribution in [0.1, 0.15) is 130 Å². The predicted molar refractivity (Wildman–Crippen MR) is 196 cm³/mol. The van der Waals surface area contributed by atoms with Gasteiger partial charge in [0, 0.05) is 24.2 Å². The van der Waals surface area contributed by atoms with E-state index in [2.05, 4.69) is 69.2 Å². The molecule has 2 unspecified atom stereocenters. The molecule has 5 aliphatic rings. The van der Waals surface area contributed by atoms with Gasteiger partial charge in [-0.05, 0) is 82.5 Å². The summed E-state index contributed by atoms with van der Waals surface area (Å²) in [6.45, 7) is 32.2. The molecule has 0 amide bonds. The maximum atomic E-state index is 14.5. The molecule has 0 aromatic carbocycles. The van der Waals surface area contributed by atoms with E-state index < -0.39 is 53.6 Å². The molecule has 0 saturated carbocycles. The lowest BCUT2D eigenvalue weighted by molar-refractivity contribution is -0.394. The van der Waals surface area contributed by atoms with Gasteiger partial charge in [0.25, 0.3) is 0 Å². The van der Waals surface area contributed by atoms with Crippen molar-refractivity contribution >= 4 is 5.97 Å². The van der Waals surface area contributed by atoms with E-state index in [1.807, 2.05) is 34.6 Å². The first-order valence-electron chi connectivity index (χ1n) is 20.5. The van der Waals surface area contributed by atoms with E-state index in [0.29, 0.717) is 31.8 Å². The van der Waals surface area contributed by atoms with E-state index in [0.717, 1.165) is 6.42 Å². The number of esters is 1. The van der Waals surface area contributed by atoms with Crippen molar-refractivity contribution in [1.29, 1.82) is 0 Å². The van der Waals surface area contributed by atoms with Crippen LogP contribution in [0.4, 0.5) is 0 Å². The summed E-state index contributed by atoms with van der Waals surface area (Å²) in [7, 11) is 0. The van der Waals surface area contributed by atoms with Crippen molar-refractivity contribution in [2.75, 3.05) is 13.2 Å². The summed E-state index contributed by atoms with van der Waals surface area (Å²) < 4.78 is 53.5. The van der Waals surface area contributed by atoms with Crippen molar-refractivity contribution in [3.05, 3.63) is 0 Å². The minimum atomic E-state index is -0.856. The number of ether oxygens (including phenoxy) is 8. The second-order valence-corrected chi connectivity index (χ2v) is 19.5. The first kappa shape index (κ1) is 42.3. The zero-order valence-corrected chi connectivity index (χ0v) is 35.1. The molecule has 5 aliphatic heterocycles. The highest BCUT2D eigenvalue weighted by Crippen LogP contribution is 2.51. The number of hydrogen-bond donors (Lipinski definition) is 0. The lowest BCUT2D eigenvalue weighted by Crippen LogP contribution is -2.61. The van der Waals surface area contributed by atoms with Crippen molar-refractivity contribution in [2.45, 2.75) is 196 Å². The van der Waals surface area contributed by atoms with Crippen LogP contribution >= 0.6 is 0 Å². The number of carbonyl (C=O) groups excluding carboxylic acids is 1. The van der Waals surface area contributed by atoms with Crippen LogP contribution < -0.4 is 5.11 Å². The molecule has 0 aliphatic carbocycles. The van der Waals surface area contributed by atoms with Crippen molar-refractivity contribution < 1.29 is 47.8 Å². The second-order valence-electron chi connectivity index (χ2n) is 19.5. The van der Waals surface area contributed by atoms with Crippen LogP contribution in [0.25, 0.3) is 0 Å². The van der Waals surface area contributed by atoms with Gasteiger partial charge in [0.1, 0.15) is 12.2 Å². The van der Waals surface area contributed by atoms with Crippen molar-refractivity contribution in [3.63, 3.8) is 0 Å². The summed E-state index contributed by atoms with van der Waals surface area (Å²) >= 11 is 0. The van der Waals surface area contributed by atoms with Gasteiger partial charge in [-0.1, -0.05) is 69.2 Å². The highest BCUT2D eigenvalue weighted by atomic mass is 16.7. The molecule has 1 spiro atoms. The molecule has 5 heterocycles. The summed E-state index contributed by atoms with van der Waals surface area (Å²) in [4.78, 5) is 14.5. The summed E-state index contributed by atoms with van der Waals surface area (Å²) in [5, 5.41) is 12.3. The molecule has 10 nitrogen and oxygen atoms in total. The quantitative estimate of drug-likeness (QED) is 0.211. The molecule has 302 valence electrons. The van der Waals surface area contributed by atoms with Gasteiger partial charge in [0.2, 0.25) is 0 Å². The molecule has 0 N–H and O–H groups in total. The number of carbonyl (C=O) groups is 1. The maximum Gasteiger partial charge on any atom is 0.311 e. The summed E-state index contributed by atoms with van der Waals surface area (Å²) in [6, 6.07) is 0. The van der Waals surface area contributed by atoms with Crippen molar-refractivity contribution in [2.24, 2.45) is 52.3 Å². The summed E-state index contributed by atoms with van der Waals surface area (Å²) in [6.07, 6.45) is -0.461. The average molecular weight is 738 g/mol. The van der Waals surface area contributed by atoms with E-state index in [9.17, 15) is 9.90 Å². The minimum Gasteiger partial charge on any atom is -0.854 e. The number of hydrogen-bond acceptors (Lipinski definition) is 10. The Labute approximate surface area is 315 Å². The van der Waals surface area contributed by atoms with E-state index in [-0.39, 0.29) is 72.0 Å². The summed E-state index contributed by atoms with van der Waals surface area (Å²) in [5.41, 5.74) is -1.22. The normalized spacial score (nSPS) is 49.5. The topological polar surface area (TPSA) is 117 Å². The SMILES string of the molecule is CC[C@H]1OC(=O)[C@H](C)[C@@H](OC2CC(C)(C)[C@@H](C)[C@H](C)O2)[C@H](C)[C@@H](OC2O[C@H](C)C[C@H](C[O-])[C@H]2C)C(C)(C)C[C@@H](C)[C@@H]2OC(C)(C)O[C@H]([C@H]2C)[C@@]12CO2. The number of epoxide rings is 1. The molecule has 5 saturated heterocycles. The third kappa shape index (κ3) is 8.45. The fraction of sp³-hybridized carbons (Fsp3) is 0.976. The van der Waals surface area contributed by atoms with Gasteiger partial charge in [0.05, 0.1) is 43.0 Å². The van der Waals surface area contributed by atoms with Crippen LogP contribution in [0.5, 0.6) is 0 Å². The van der Waals surface area contributed by atoms with Gasteiger partial charge in [0.15, 0.2) is 24.0 Å². The van der Waals surface area contributed by atoms with E-state index in [1.54, 1.807) is 0 Å². The van der Waals surface area contributed by atoms with E-state index in [4.69, 9.17) is 37.9 Å². The highest BCUT2D eigenvalue weighted by molar-refractivity contribution is 5.73. The molecule has 10 heteroatoms. The Kier molecular flexibility index (Phi) is 12.7. The molecule has 2 bridgehead atoms. The van der Waals surface area contributed by atoms with Gasteiger partial charge in [-0.2, -0.15) is 0 Å². The zero-order valence-electron chi connectivity index (χ0n) is 35.1. The Hall–Kier alpha value is -0.850. The first-order valence-corrected chi connectivity index (χ1v) is 20.5. The molecular weight excluding hydrogens is 664 g/mol. The number of cyclic esters (lactones) is 1. The van der Waals surface area contributed by atoms with Crippen LogP contribution in [-0.4, -0.2) is 85.9 Å². The third-order valence-corrected chi connectivity index (χ3v) is 14.0. The lowest BCUT2D eigenvalue weighted by Gasteiger charge is -2.52. The Balaban J connectivity index is 1.59. The van der Waals surface area contributed by atoms with Crippen LogP contribution in [0, 0.1) is 52.3 Å². The van der Waals surface area contributed by atoms with Crippen molar-refractivity contribution in [3.8, 4) is 0 Å². The van der Waals surface area contributed by atoms with Crippen LogP contribution in [-0.2, 0) is 42.7 Å². The van der Waals surface area contributed by atoms with Crippen LogP contribution in [0.2, 0.25) is 0 Å². The average Bonchev–Trinajstić information content (AvgIpc) is 3.86. The second kappa shape index (κ2) is 15.6. The van der Waals surface area contributed by atoms with Gasteiger partial charge in [-0.25, -0.2) is 0 Å². The smallest absolute Gasteiger partial charge is 0.311 e. The molecule has 17 atom stereocenters. The minimum absolute atomic E-state index is 0.0156. The van der Waals surface area contributed by atoms with Gasteiger partial charge in [-0.15, -0.1) is 6.61 Å². The molecule has 5 fully saturated rings. The molecule has 0 aromatic rings. The molecule has 0 aromatic heterocycles. The maximum absolute atomic E-state index is 14.5. The Morgan fingerprint density at radius 2 is 1.48 bits per heavy atom. The van der Waals surface area contributed by atoms with Gasteiger partial charge in [-0.3, -0.25) is 4.79 Å². The van der Waals surface area contributed by atoms with E-state index in [1.165, 1.54) is 0 Å². The van der Waals surface area contributed by atoms with E-state index >= 15 is 0 Å². The number of fused-ring (bicyclic) bond motifs is 3. The first-order chi connectivity index (χ1) is 24.1. The fourth-order valence-electron chi connectivity index (χ4n) is 10.4. The highest BCUT2D eigenvalue weighted by Gasteiger charge is 2.65. The zero-order chi connectivity index (χ0) is 38.7. The van der Waals surface area contributed by atoms with Crippen molar-refractivity contribution in [1.82, 2.24) is 0 Å². The predicted octanol–water partition coefficient (Wildman–Crippen LogP) is 6.89. The Morgan fingerprint density at radius 1 is 0.827 bits per heavy atom. The molecule has 5 rings (SSSR count). The third-order valence-electron chi connectivity index (χ3n) is 14.0. The van der Waals surface area contributed by atoms with Crippen LogP contribution in [0.3, 0.4) is 0 Å². The lowest BCUT2D eigenvalue weighted by atomic mass is 9.68. The molecule has 52 heavy (non-hydrogen) atoms. The number of rotatable bonds is 6. The Bertz CT molecular complexity index is 1220. The van der Waals surface area contributed by atoms with Gasteiger partial charge >= 0.3 is 5.97 Å². The summed E-state index contributed by atoms with van der Waals surface area (Å²) in [5.74, 6) is -1.87. The van der Waals surface area contributed by atoms with Crippen LogP contribution in [0.15, 0.2) is 0 Å².